The normalized spacial score (nSPS) is 28.2. The first kappa shape index (κ1) is 14.8. The van der Waals surface area contributed by atoms with E-state index in [4.69, 9.17) is 0 Å². The number of nitrogens with zero attached hydrogens (tertiary/aromatic N) is 1. The topological polar surface area (TPSA) is 66.5 Å². The number of amides is 3. The van der Waals surface area contributed by atoms with Gasteiger partial charge in [-0.2, -0.15) is 13.2 Å². The van der Waals surface area contributed by atoms with Gasteiger partial charge >= 0.3 is 6.18 Å². The molecule has 1 N–H and O–H groups in total. The molecule has 2 atom stereocenters. The van der Waals surface area contributed by atoms with Gasteiger partial charge in [0, 0.05) is 5.92 Å². The summed E-state index contributed by atoms with van der Waals surface area (Å²) in [6.45, 7) is -0.711. The molecule has 2 rings (SSSR count). The number of hydrogen-bond donors (Lipinski definition) is 1. The van der Waals surface area contributed by atoms with Crippen LogP contribution < -0.4 is 5.32 Å². The van der Waals surface area contributed by atoms with Crippen LogP contribution in [0.2, 0.25) is 0 Å². The molecule has 1 aliphatic heterocycles. The van der Waals surface area contributed by atoms with E-state index in [1.54, 1.807) is 0 Å². The summed E-state index contributed by atoms with van der Waals surface area (Å²) >= 11 is 0. The van der Waals surface area contributed by atoms with Gasteiger partial charge in [-0.3, -0.25) is 19.7 Å². The van der Waals surface area contributed by atoms with Crippen molar-refractivity contribution in [2.45, 2.75) is 31.9 Å². The van der Waals surface area contributed by atoms with Gasteiger partial charge in [-0.05, 0) is 12.8 Å². The third kappa shape index (κ3) is 3.10. The maximum absolute atomic E-state index is 13.0. The predicted octanol–water partition coefficient (Wildman–Crippen LogP) is 0.840. The zero-order valence-corrected chi connectivity index (χ0v) is 10.7. The molecule has 112 valence electrons. The van der Waals surface area contributed by atoms with Crippen LogP contribution in [0.1, 0.15) is 25.7 Å². The number of carbonyl (C=O) groups excluding carboxylic acids is 3. The van der Waals surface area contributed by atoms with Crippen molar-refractivity contribution < 1.29 is 27.6 Å². The molecule has 1 saturated heterocycles. The van der Waals surface area contributed by atoms with Crippen LogP contribution in [0.4, 0.5) is 13.2 Å². The van der Waals surface area contributed by atoms with E-state index in [-0.39, 0.29) is 25.9 Å². The van der Waals surface area contributed by atoms with E-state index in [1.807, 2.05) is 5.32 Å². The molecule has 8 heteroatoms. The van der Waals surface area contributed by atoms with E-state index in [0.717, 1.165) is 4.90 Å². The number of piperazine rings is 1. The van der Waals surface area contributed by atoms with Crippen LogP contribution in [-0.4, -0.2) is 41.9 Å². The molecule has 0 bridgehead atoms. The maximum Gasteiger partial charge on any atom is 0.392 e. The van der Waals surface area contributed by atoms with Crippen molar-refractivity contribution in [2.24, 2.45) is 11.8 Å². The molecule has 0 radical (unpaired) electrons. The Kier molecular flexibility index (Phi) is 4.01. The highest BCUT2D eigenvalue weighted by atomic mass is 19.4. The second-order valence-electron chi connectivity index (χ2n) is 5.20. The maximum atomic E-state index is 13.0. The number of imide groups is 1. The molecule has 0 aromatic carbocycles. The summed E-state index contributed by atoms with van der Waals surface area (Å²) in [7, 11) is 0. The van der Waals surface area contributed by atoms with Crippen LogP contribution in [0.3, 0.4) is 0 Å². The van der Waals surface area contributed by atoms with Gasteiger partial charge in [-0.25, -0.2) is 0 Å². The Morgan fingerprint density at radius 1 is 1.10 bits per heavy atom. The van der Waals surface area contributed by atoms with Crippen molar-refractivity contribution in [2.75, 3.05) is 13.1 Å². The van der Waals surface area contributed by atoms with Gasteiger partial charge in [0.2, 0.25) is 17.7 Å². The summed E-state index contributed by atoms with van der Waals surface area (Å²) in [4.78, 5) is 35.5. The lowest BCUT2D eigenvalue weighted by Gasteiger charge is -2.36. The fourth-order valence-corrected chi connectivity index (χ4v) is 2.85. The minimum atomic E-state index is -4.43. The first-order valence-electron chi connectivity index (χ1n) is 6.47. The largest absolute Gasteiger partial charge is 0.392 e. The van der Waals surface area contributed by atoms with Crippen LogP contribution in [0.25, 0.3) is 0 Å². The van der Waals surface area contributed by atoms with Crippen LogP contribution in [-0.2, 0) is 14.4 Å². The van der Waals surface area contributed by atoms with E-state index in [0.29, 0.717) is 12.8 Å². The monoisotopic (exact) mass is 292 g/mol. The highest BCUT2D eigenvalue weighted by Crippen LogP contribution is 2.42. The highest BCUT2D eigenvalue weighted by molar-refractivity contribution is 6.02. The van der Waals surface area contributed by atoms with Crippen molar-refractivity contribution in [1.82, 2.24) is 10.2 Å². The summed E-state index contributed by atoms with van der Waals surface area (Å²) in [6, 6.07) is 0. The van der Waals surface area contributed by atoms with Crippen molar-refractivity contribution in [1.29, 1.82) is 0 Å². The van der Waals surface area contributed by atoms with E-state index in [2.05, 4.69) is 0 Å². The third-order valence-corrected chi connectivity index (χ3v) is 3.76. The van der Waals surface area contributed by atoms with Crippen LogP contribution in [0.5, 0.6) is 0 Å². The van der Waals surface area contributed by atoms with Gasteiger partial charge < -0.3 is 4.90 Å². The minimum Gasteiger partial charge on any atom is -0.324 e. The van der Waals surface area contributed by atoms with Gasteiger partial charge in [0.1, 0.15) is 13.1 Å². The molecule has 2 fully saturated rings. The number of rotatable bonds is 1. The quantitative estimate of drug-likeness (QED) is 0.728. The minimum absolute atomic E-state index is 0.0755. The van der Waals surface area contributed by atoms with Gasteiger partial charge in [0.05, 0.1) is 5.92 Å². The number of carbonyl (C=O) groups is 3. The lowest BCUT2D eigenvalue weighted by atomic mass is 9.78. The Hall–Kier alpha value is -1.60. The lowest BCUT2D eigenvalue weighted by molar-refractivity contribution is -0.201. The number of alkyl halides is 3. The second kappa shape index (κ2) is 5.41. The highest BCUT2D eigenvalue weighted by Gasteiger charge is 2.49. The molecule has 0 aromatic rings. The van der Waals surface area contributed by atoms with E-state index in [1.165, 1.54) is 0 Å². The van der Waals surface area contributed by atoms with Gasteiger partial charge in [-0.1, -0.05) is 12.8 Å². The zero-order chi connectivity index (χ0) is 14.9. The first-order valence-corrected chi connectivity index (χ1v) is 6.47. The summed E-state index contributed by atoms with van der Waals surface area (Å²) in [6.07, 6.45) is -3.36. The molecule has 20 heavy (non-hydrogen) atoms. The van der Waals surface area contributed by atoms with Crippen molar-refractivity contribution >= 4 is 17.7 Å². The van der Waals surface area contributed by atoms with Crippen molar-refractivity contribution in [3.8, 4) is 0 Å². The standard InChI is InChI=1S/C12H15F3N2O3/c13-12(14,15)8-4-2-1-3-7(8)11(20)17-5-9(18)16-10(19)6-17/h7-8H,1-6H2,(H,16,18,19). The smallest absolute Gasteiger partial charge is 0.324 e. The summed E-state index contributed by atoms with van der Waals surface area (Å²) in [5.41, 5.74) is 0. The van der Waals surface area contributed by atoms with Gasteiger partial charge in [0.15, 0.2) is 0 Å². The number of nitrogens with one attached hydrogen (secondary N) is 1. The Bertz CT molecular complexity index is 420. The van der Waals surface area contributed by atoms with E-state index in [9.17, 15) is 27.6 Å². The predicted molar refractivity (Wildman–Crippen MR) is 61.2 cm³/mol. The molecule has 0 aromatic heterocycles. The zero-order valence-electron chi connectivity index (χ0n) is 10.7. The Morgan fingerprint density at radius 3 is 2.20 bits per heavy atom. The SMILES string of the molecule is O=C1CN(C(=O)C2CCCCC2C(F)(F)F)CC(=O)N1. The van der Waals surface area contributed by atoms with Crippen LogP contribution in [0, 0.1) is 11.8 Å². The van der Waals surface area contributed by atoms with Crippen LogP contribution >= 0.6 is 0 Å². The molecular weight excluding hydrogens is 277 g/mol. The fourth-order valence-electron chi connectivity index (χ4n) is 2.85. The second-order valence-corrected chi connectivity index (χ2v) is 5.20. The van der Waals surface area contributed by atoms with E-state index < -0.39 is 35.7 Å². The molecular formula is C12H15F3N2O3. The molecule has 1 saturated carbocycles. The Labute approximate surface area is 113 Å². The summed E-state index contributed by atoms with van der Waals surface area (Å²) < 4.78 is 38.9. The lowest BCUT2D eigenvalue weighted by Crippen LogP contribution is -2.56. The average molecular weight is 292 g/mol. The number of hydrogen-bond acceptors (Lipinski definition) is 3. The number of halogens is 3. The molecule has 1 aliphatic carbocycles. The third-order valence-electron chi connectivity index (χ3n) is 3.76. The molecule has 2 unspecified atom stereocenters. The van der Waals surface area contributed by atoms with Crippen molar-refractivity contribution in [3.63, 3.8) is 0 Å². The molecule has 0 spiro atoms. The first-order chi connectivity index (χ1) is 9.29. The molecule has 5 nitrogen and oxygen atoms in total. The molecule has 1 heterocycles. The Balaban J connectivity index is 2.13. The average Bonchev–Trinajstić information content (AvgIpc) is 2.35. The summed E-state index contributed by atoms with van der Waals surface area (Å²) in [5.74, 6) is -4.91. The molecule has 3 amide bonds. The Morgan fingerprint density at radius 2 is 1.65 bits per heavy atom. The van der Waals surface area contributed by atoms with E-state index >= 15 is 0 Å². The summed E-state index contributed by atoms with van der Waals surface area (Å²) in [5, 5.41) is 2.01. The van der Waals surface area contributed by atoms with Gasteiger partial charge in [-0.15, -0.1) is 0 Å². The fraction of sp³-hybridized carbons (Fsp3) is 0.750. The van der Waals surface area contributed by atoms with Crippen LogP contribution in [0.15, 0.2) is 0 Å². The van der Waals surface area contributed by atoms with Gasteiger partial charge in [0.25, 0.3) is 0 Å². The van der Waals surface area contributed by atoms with Crippen molar-refractivity contribution in [3.05, 3.63) is 0 Å². The molecule has 2 aliphatic rings.